The zero-order chi connectivity index (χ0) is 13.4. The van der Waals surface area contributed by atoms with E-state index < -0.39 is 10.0 Å². The van der Waals surface area contributed by atoms with Crippen molar-refractivity contribution in [2.24, 2.45) is 11.3 Å². The van der Waals surface area contributed by atoms with Gasteiger partial charge in [-0.15, -0.1) is 0 Å². The van der Waals surface area contributed by atoms with Crippen molar-refractivity contribution < 1.29 is 8.42 Å². The maximum atomic E-state index is 12.1. The molecule has 0 aromatic heterocycles. The first-order chi connectivity index (χ1) is 8.36. The lowest BCUT2D eigenvalue weighted by molar-refractivity contribution is 0.357. The maximum absolute atomic E-state index is 12.1. The average molecular weight is 332 g/mol. The predicted octanol–water partition coefficient (Wildman–Crippen LogP) is 3.16. The Bertz CT molecular complexity index is 536. The van der Waals surface area contributed by atoms with Gasteiger partial charge in [-0.3, -0.25) is 0 Å². The molecule has 1 fully saturated rings. The predicted molar refractivity (Wildman–Crippen MR) is 75.8 cm³/mol. The van der Waals surface area contributed by atoms with Gasteiger partial charge < -0.3 is 0 Å². The van der Waals surface area contributed by atoms with Gasteiger partial charge in [0.1, 0.15) is 0 Å². The molecule has 0 bridgehead atoms. The SMILES string of the molecule is CC(C)C1(CNS(=O)(=O)c2cccc(Br)c2)CC1. The normalized spacial score (nSPS) is 18.0. The summed E-state index contributed by atoms with van der Waals surface area (Å²) in [5.41, 5.74) is 0.180. The van der Waals surface area contributed by atoms with E-state index in [4.69, 9.17) is 0 Å². The highest BCUT2D eigenvalue weighted by molar-refractivity contribution is 9.10. The van der Waals surface area contributed by atoms with Crippen LogP contribution >= 0.6 is 15.9 Å². The minimum Gasteiger partial charge on any atom is -0.211 e. The van der Waals surface area contributed by atoms with Crippen molar-refractivity contribution >= 4 is 26.0 Å². The van der Waals surface area contributed by atoms with Gasteiger partial charge in [0.25, 0.3) is 0 Å². The number of rotatable bonds is 5. The van der Waals surface area contributed by atoms with E-state index in [1.807, 2.05) is 6.07 Å². The van der Waals surface area contributed by atoms with Crippen molar-refractivity contribution in [1.29, 1.82) is 0 Å². The molecule has 1 aliphatic rings. The highest BCUT2D eigenvalue weighted by Gasteiger charge is 2.45. The molecule has 0 aliphatic heterocycles. The zero-order valence-corrected chi connectivity index (χ0v) is 13.0. The monoisotopic (exact) mass is 331 g/mol. The standard InChI is InChI=1S/C13H18BrNO2S/c1-10(2)13(6-7-13)9-15-18(16,17)12-5-3-4-11(14)8-12/h3-5,8,10,15H,6-7,9H2,1-2H3. The van der Waals surface area contributed by atoms with E-state index in [1.54, 1.807) is 18.2 Å². The summed E-state index contributed by atoms with van der Waals surface area (Å²) < 4.78 is 27.8. The number of hydrogen-bond donors (Lipinski definition) is 1. The van der Waals surface area contributed by atoms with Crippen molar-refractivity contribution in [3.05, 3.63) is 28.7 Å². The van der Waals surface area contributed by atoms with E-state index >= 15 is 0 Å². The Kier molecular flexibility index (Phi) is 3.85. The van der Waals surface area contributed by atoms with Crippen molar-refractivity contribution in [3.8, 4) is 0 Å². The summed E-state index contributed by atoms with van der Waals surface area (Å²) in [6, 6.07) is 6.78. The van der Waals surface area contributed by atoms with E-state index in [0.29, 0.717) is 17.4 Å². The fraction of sp³-hybridized carbons (Fsp3) is 0.538. The molecule has 1 aromatic carbocycles. The van der Waals surface area contributed by atoms with Crippen molar-refractivity contribution in [1.82, 2.24) is 4.72 Å². The van der Waals surface area contributed by atoms with Gasteiger partial charge in [0, 0.05) is 11.0 Å². The van der Waals surface area contributed by atoms with Crippen LogP contribution in [-0.4, -0.2) is 15.0 Å². The molecule has 0 unspecified atom stereocenters. The highest BCUT2D eigenvalue weighted by atomic mass is 79.9. The van der Waals surface area contributed by atoms with E-state index in [2.05, 4.69) is 34.5 Å². The smallest absolute Gasteiger partial charge is 0.211 e. The van der Waals surface area contributed by atoms with Crippen LogP contribution in [0.25, 0.3) is 0 Å². The molecule has 1 saturated carbocycles. The molecule has 0 saturated heterocycles. The van der Waals surface area contributed by atoms with Crippen LogP contribution in [0.15, 0.2) is 33.6 Å². The van der Waals surface area contributed by atoms with Crippen LogP contribution in [0.1, 0.15) is 26.7 Å². The van der Waals surface area contributed by atoms with Crippen molar-refractivity contribution in [2.45, 2.75) is 31.6 Å². The van der Waals surface area contributed by atoms with Crippen LogP contribution < -0.4 is 4.72 Å². The minimum atomic E-state index is -3.39. The molecule has 100 valence electrons. The molecule has 0 radical (unpaired) electrons. The van der Waals surface area contributed by atoms with Crippen LogP contribution in [0, 0.1) is 11.3 Å². The number of hydrogen-bond acceptors (Lipinski definition) is 2. The summed E-state index contributed by atoms with van der Waals surface area (Å²) in [6.07, 6.45) is 2.23. The molecule has 3 nitrogen and oxygen atoms in total. The number of nitrogens with one attached hydrogen (secondary N) is 1. The van der Waals surface area contributed by atoms with Crippen LogP contribution in [0.3, 0.4) is 0 Å². The lowest BCUT2D eigenvalue weighted by atomic mass is 9.93. The summed E-state index contributed by atoms with van der Waals surface area (Å²) in [7, 11) is -3.39. The summed E-state index contributed by atoms with van der Waals surface area (Å²) in [5, 5.41) is 0. The van der Waals surface area contributed by atoms with Crippen molar-refractivity contribution in [2.75, 3.05) is 6.54 Å². The fourth-order valence-electron chi connectivity index (χ4n) is 2.08. The molecule has 1 aliphatic carbocycles. The van der Waals surface area contributed by atoms with Gasteiger partial charge in [-0.2, -0.15) is 0 Å². The molecule has 0 amide bonds. The van der Waals surface area contributed by atoms with Crippen molar-refractivity contribution in [3.63, 3.8) is 0 Å². The topological polar surface area (TPSA) is 46.2 Å². The molecule has 0 atom stereocenters. The van der Waals surface area contributed by atoms with Gasteiger partial charge in [0.15, 0.2) is 0 Å². The second kappa shape index (κ2) is 4.94. The van der Waals surface area contributed by atoms with E-state index in [-0.39, 0.29) is 5.41 Å². The Balaban J connectivity index is 2.09. The molecule has 1 N–H and O–H groups in total. The summed E-state index contributed by atoms with van der Waals surface area (Å²) in [6.45, 7) is 4.85. The minimum absolute atomic E-state index is 0.180. The van der Waals surface area contributed by atoms with Gasteiger partial charge in [0.05, 0.1) is 4.90 Å². The number of sulfonamides is 1. The van der Waals surface area contributed by atoms with Gasteiger partial charge in [-0.05, 0) is 42.4 Å². The fourth-order valence-corrected chi connectivity index (χ4v) is 3.81. The quantitative estimate of drug-likeness (QED) is 0.900. The Morgan fingerprint density at radius 2 is 2.06 bits per heavy atom. The van der Waals surface area contributed by atoms with Crippen LogP contribution in [0.4, 0.5) is 0 Å². The summed E-state index contributed by atoms with van der Waals surface area (Å²) >= 11 is 3.29. The largest absolute Gasteiger partial charge is 0.240 e. The Labute approximate surface area is 117 Å². The third-order valence-corrected chi connectivity index (χ3v) is 5.73. The van der Waals surface area contributed by atoms with Crippen LogP contribution in [-0.2, 0) is 10.0 Å². The Morgan fingerprint density at radius 1 is 1.39 bits per heavy atom. The Hall–Kier alpha value is -0.390. The van der Waals surface area contributed by atoms with Gasteiger partial charge in [-0.1, -0.05) is 35.8 Å². The number of halogens is 1. The third-order valence-electron chi connectivity index (χ3n) is 3.84. The molecule has 5 heteroatoms. The first kappa shape index (κ1) is 14.0. The second-order valence-electron chi connectivity index (χ2n) is 5.30. The van der Waals surface area contributed by atoms with Crippen LogP contribution in [0.5, 0.6) is 0 Å². The first-order valence-corrected chi connectivity index (χ1v) is 8.39. The summed E-state index contributed by atoms with van der Waals surface area (Å²) in [5.74, 6) is 0.516. The van der Waals surface area contributed by atoms with Gasteiger partial charge in [-0.25, -0.2) is 13.1 Å². The van der Waals surface area contributed by atoms with E-state index in [1.165, 1.54) is 0 Å². The molecule has 0 spiro atoms. The van der Waals surface area contributed by atoms with E-state index in [9.17, 15) is 8.42 Å². The molecule has 18 heavy (non-hydrogen) atoms. The molecular formula is C13H18BrNO2S. The van der Waals surface area contributed by atoms with Crippen LogP contribution in [0.2, 0.25) is 0 Å². The van der Waals surface area contributed by atoms with E-state index in [0.717, 1.165) is 17.3 Å². The third kappa shape index (κ3) is 2.95. The summed E-state index contributed by atoms with van der Waals surface area (Å²) in [4.78, 5) is 0.316. The number of benzene rings is 1. The molecule has 0 heterocycles. The average Bonchev–Trinajstić information content (AvgIpc) is 3.07. The highest BCUT2D eigenvalue weighted by Crippen LogP contribution is 2.51. The molecular weight excluding hydrogens is 314 g/mol. The van der Waals surface area contributed by atoms with Gasteiger partial charge in [0.2, 0.25) is 10.0 Å². The molecule has 2 rings (SSSR count). The van der Waals surface area contributed by atoms with Gasteiger partial charge >= 0.3 is 0 Å². The molecule has 1 aromatic rings. The lowest BCUT2D eigenvalue weighted by Crippen LogP contribution is -2.32. The maximum Gasteiger partial charge on any atom is 0.240 e. The lowest BCUT2D eigenvalue weighted by Gasteiger charge is -2.20. The zero-order valence-electron chi connectivity index (χ0n) is 10.6. The first-order valence-electron chi connectivity index (χ1n) is 6.11. The Morgan fingerprint density at radius 3 is 2.56 bits per heavy atom. The second-order valence-corrected chi connectivity index (χ2v) is 7.98.